The highest BCUT2D eigenvalue weighted by Gasteiger charge is 2.07. The molecule has 0 spiro atoms. The SMILES string of the molecule is Cc1cccc(CNCCN2CCNCC2)c1. The van der Waals surface area contributed by atoms with Crippen molar-refractivity contribution >= 4 is 0 Å². The summed E-state index contributed by atoms with van der Waals surface area (Å²) in [6.07, 6.45) is 0. The Bertz CT molecular complexity index is 332. The first kappa shape index (κ1) is 12.6. The summed E-state index contributed by atoms with van der Waals surface area (Å²) < 4.78 is 0. The minimum absolute atomic E-state index is 0.980. The first-order chi connectivity index (χ1) is 8.34. The average molecular weight is 233 g/mol. The van der Waals surface area contributed by atoms with Crippen LogP contribution in [0.5, 0.6) is 0 Å². The summed E-state index contributed by atoms with van der Waals surface area (Å²) in [5, 5.41) is 6.89. The molecule has 0 aromatic heterocycles. The van der Waals surface area contributed by atoms with Crippen LogP contribution in [0.3, 0.4) is 0 Å². The van der Waals surface area contributed by atoms with Gasteiger partial charge in [-0.1, -0.05) is 29.8 Å². The summed E-state index contributed by atoms with van der Waals surface area (Å²) in [5.41, 5.74) is 2.72. The van der Waals surface area contributed by atoms with E-state index in [-0.39, 0.29) is 0 Å². The van der Waals surface area contributed by atoms with Gasteiger partial charge in [0, 0.05) is 45.8 Å². The predicted octanol–water partition coefficient (Wildman–Crippen LogP) is 0.990. The second kappa shape index (κ2) is 6.74. The Balaban J connectivity index is 1.62. The lowest BCUT2D eigenvalue weighted by atomic mass is 10.1. The van der Waals surface area contributed by atoms with Crippen LogP contribution in [0.4, 0.5) is 0 Å². The van der Waals surface area contributed by atoms with E-state index in [1.807, 2.05) is 0 Å². The maximum Gasteiger partial charge on any atom is 0.0206 e. The van der Waals surface area contributed by atoms with Gasteiger partial charge in [-0.05, 0) is 12.5 Å². The van der Waals surface area contributed by atoms with Crippen molar-refractivity contribution in [3.05, 3.63) is 35.4 Å². The maximum absolute atomic E-state index is 3.51. The monoisotopic (exact) mass is 233 g/mol. The third-order valence-electron chi connectivity index (χ3n) is 3.23. The van der Waals surface area contributed by atoms with Crippen molar-refractivity contribution in [3.8, 4) is 0 Å². The second-order valence-electron chi connectivity index (χ2n) is 4.76. The number of hydrogen-bond acceptors (Lipinski definition) is 3. The number of nitrogens with one attached hydrogen (secondary N) is 2. The summed E-state index contributed by atoms with van der Waals surface area (Å²) in [4.78, 5) is 2.51. The van der Waals surface area contributed by atoms with Gasteiger partial charge >= 0.3 is 0 Å². The first-order valence-electron chi connectivity index (χ1n) is 6.54. The Morgan fingerprint density at radius 2 is 2.12 bits per heavy atom. The van der Waals surface area contributed by atoms with E-state index in [0.717, 1.165) is 32.7 Å². The number of piperazine rings is 1. The van der Waals surface area contributed by atoms with E-state index in [1.54, 1.807) is 0 Å². The molecule has 94 valence electrons. The minimum atomic E-state index is 0.980. The predicted molar refractivity (Wildman–Crippen MR) is 72.2 cm³/mol. The van der Waals surface area contributed by atoms with E-state index >= 15 is 0 Å². The van der Waals surface area contributed by atoms with E-state index in [4.69, 9.17) is 0 Å². The van der Waals surface area contributed by atoms with Gasteiger partial charge < -0.3 is 10.6 Å². The molecule has 1 heterocycles. The van der Waals surface area contributed by atoms with Crippen LogP contribution < -0.4 is 10.6 Å². The standard InChI is InChI=1S/C14H23N3/c1-13-3-2-4-14(11-13)12-16-7-10-17-8-5-15-6-9-17/h2-4,11,15-16H,5-10,12H2,1H3. The second-order valence-corrected chi connectivity index (χ2v) is 4.76. The van der Waals surface area contributed by atoms with E-state index in [2.05, 4.69) is 46.7 Å². The molecule has 0 radical (unpaired) electrons. The molecule has 0 aliphatic carbocycles. The lowest BCUT2D eigenvalue weighted by Gasteiger charge is -2.27. The number of rotatable bonds is 5. The maximum atomic E-state index is 3.51. The molecular formula is C14H23N3. The fourth-order valence-electron chi connectivity index (χ4n) is 2.23. The van der Waals surface area contributed by atoms with E-state index < -0.39 is 0 Å². The molecule has 0 unspecified atom stereocenters. The molecule has 17 heavy (non-hydrogen) atoms. The number of nitrogens with zero attached hydrogens (tertiary/aromatic N) is 1. The highest BCUT2D eigenvalue weighted by Crippen LogP contribution is 2.02. The molecule has 2 rings (SSSR count). The van der Waals surface area contributed by atoms with Gasteiger partial charge in [0.05, 0.1) is 0 Å². The van der Waals surface area contributed by atoms with Gasteiger partial charge in [0.15, 0.2) is 0 Å². The van der Waals surface area contributed by atoms with Crippen LogP contribution in [0.15, 0.2) is 24.3 Å². The zero-order valence-electron chi connectivity index (χ0n) is 10.7. The number of aryl methyl sites for hydroxylation is 1. The normalized spacial score (nSPS) is 17.2. The lowest BCUT2D eigenvalue weighted by molar-refractivity contribution is 0.241. The van der Waals surface area contributed by atoms with Crippen LogP contribution in [0, 0.1) is 6.92 Å². The fourth-order valence-corrected chi connectivity index (χ4v) is 2.23. The van der Waals surface area contributed by atoms with Gasteiger partial charge in [-0.15, -0.1) is 0 Å². The Morgan fingerprint density at radius 1 is 1.29 bits per heavy atom. The van der Waals surface area contributed by atoms with Gasteiger partial charge in [-0.2, -0.15) is 0 Å². The van der Waals surface area contributed by atoms with Crippen LogP contribution >= 0.6 is 0 Å². The van der Waals surface area contributed by atoms with Gasteiger partial charge in [-0.25, -0.2) is 0 Å². The quantitative estimate of drug-likeness (QED) is 0.743. The van der Waals surface area contributed by atoms with Crippen LogP contribution in [0.2, 0.25) is 0 Å². The summed E-state index contributed by atoms with van der Waals surface area (Å²) in [5.74, 6) is 0. The highest BCUT2D eigenvalue weighted by atomic mass is 15.2. The van der Waals surface area contributed by atoms with Gasteiger partial charge in [-0.3, -0.25) is 4.90 Å². The van der Waals surface area contributed by atoms with Crippen molar-refractivity contribution in [1.29, 1.82) is 0 Å². The third-order valence-corrected chi connectivity index (χ3v) is 3.23. The molecule has 3 nitrogen and oxygen atoms in total. The molecule has 1 aromatic rings. The third kappa shape index (κ3) is 4.46. The Morgan fingerprint density at radius 3 is 2.88 bits per heavy atom. The van der Waals surface area contributed by atoms with Crippen molar-refractivity contribution in [2.75, 3.05) is 39.3 Å². The number of benzene rings is 1. The Hall–Kier alpha value is -0.900. The zero-order valence-corrected chi connectivity index (χ0v) is 10.7. The Kier molecular flexibility index (Phi) is 4.98. The average Bonchev–Trinajstić information content (AvgIpc) is 2.36. The minimum Gasteiger partial charge on any atom is -0.314 e. The van der Waals surface area contributed by atoms with Gasteiger partial charge in [0.25, 0.3) is 0 Å². The molecule has 2 N–H and O–H groups in total. The molecule has 0 atom stereocenters. The smallest absolute Gasteiger partial charge is 0.0206 e. The molecule has 0 saturated carbocycles. The molecule has 1 fully saturated rings. The number of hydrogen-bond donors (Lipinski definition) is 2. The summed E-state index contributed by atoms with van der Waals surface area (Å²) in [7, 11) is 0. The van der Waals surface area contributed by atoms with Crippen LogP contribution in [-0.4, -0.2) is 44.2 Å². The van der Waals surface area contributed by atoms with Crippen LogP contribution in [0.1, 0.15) is 11.1 Å². The highest BCUT2D eigenvalue weighted by molar-refractivity contribution is 5.21. The first-order valence-corrected chi connectivity index (χ1v) is 6.54. The summed E-state index contributed by atoms with van der Waals surface area (Å²) >= 11 is 0. The molecule has 1 aliphatic heterocycles. The van der Waals surface area contributed by atoms with Crippen molar-refractivity contribution in [2.24, 2.45) is 0 Å². The van der Waals surface area contributed by atoms with Crippen molar-refractivity contribution in [3.63, 3.8) is 0 Å². The molecule has 1 aliphatic rings. The van der Waals surface area contributed by atoms with Crippen molar-refractivity contribution < 1.29 is 0 Å². The lowest BCUT2D eigenvalue weighted by Crippen LogP contribution is -2.45. The van der Waals surface area contributed by atoms with Gasteiger partial charge in [0.2, 0.25) is 0 Å². The fraction of sp³-hybridized carbons (Fsp3) is 0.571. The molecule has 0 amide bonds. The Labute approximate surface area is 104 Å². The topological polar surface area (TPSA) is 27.3 Å². The summed E-state index contributed by atoms with van der Waals surface area (Å²) in [6.45, 7) is 10.0. The zero-order chi connectivity index (χ0) is 11.9. The molecule has 1 aromatic carbocycles. The van der Waals surface area contributed by atoms with Crippen molar-refractivity contribution in [1.82, 2.24) is 15.5 Å². The van der Waals surface area contributed by atoms with E-state index in [0.29, 0.717) is 0 Å². The summed E-state index contributed by atoms with van der Waals surface area (Å²) in [6, 6.07) is 8.70. The molecule has 3 heteroatoms. The largest absolute Gasteiger partial charge is 0.314 e. The molecule has 1 saturated heterocycles. The van der Waals surface area contributed by atoms with E-state index in [9.17, 15) is 0 Å². The van der Waals surface area contributed by atoms with E-state index in [1.165, 1.54) is 24.2 Å². The molecule has 0 bridgehead atoms. The van der Waals surface area contributed by atoms with Crippen LogP contribution in [-0.2, 0) is 6.54 Å². The molecular weight excluding hydrogens is 210 g/mol. The van der Waals surface area contributed by atoms with Gasteiger partial charge in [0.1, 0.15) is 0 Å². The van der Waals surface area contributed by atoms with Crippen molar-refractivity contribution in [2.45, 2.75) is 13.5 Å². The van der Waals surface area contributed by atoms with Crippen LogP contribution in [0.25, 0.3) is 0 Å².